The zero-order valence-electron chi connectivity index (χ0n) is 14.3. The van der Waals surface area contributed by atoms with Gasteiger partial charge in [0.25, 0.3) is 10.0 Å². The Hall–Kier alpha value is -2.41. The lowest BCUT2D eigenvalue weighted by Gasteiger charge is -2.17. The van der Waals surface area contributed by atoms with E-state index in [2.05, 4.69) is 9.71 Å². The van der Waals surface area contributed by atoms with Crippen LogP contribution in [0.2, 0.25) is 0 Å². The monoisotopic (exact) mass is 374 g/mol. The molecular weight excluding hydrogens is 352 g/mol. The molecule has 3 rings (SSSR count). The van der Waals surface area contributed by atoms with Crippen molar-refractivity contribution in [1.29, 1.82) is 0 Å². The van der Waals surface area contributed by atoms with Crippen molar-refractivity contribution in [2.24, 2.45) is 5.92 Å². The van der Waals surface area contributed by atoms with Crippen LogP contribution in [0.4, 0.5) is 5.69 Å². The average Bonchev–Trinajstić information content (AvgIpc) is 3.13. The lowest BCUT2D eigenvalue weighted by Crippen LogP contribution is -2.16. The molecule has 0 bridgehead atoms. The molecule has 26 heavy (non-hydrogen) atoms. The molecule has 0 spiro atoms. The summed E-state index contributed by atoms with van der Waals surface area (Å²) in [6.07, 6.45) is 8.06. The molecule has 0 radical (unpaired) electrons. The number of pyridine rings is 1. The normalized spacial score (nSPS) is 16.3. The third-order valence-corrected chi connectivity index (χ3v) is 6.25. The highest BCUT2D eigenvalue weighted by molar-refractivity contribution is 7.92. The van der Waals surface area contributed by atoms with Crippen LogP contribution < -0.4 is 4.72 Å². The molecule has 1 aromatic heterocycles. The number of benzene rings is 1. The van der Waals surface area contributed by atoms with Gasteiger partial charge >= 0.3 is 5.97 Å². The number of carbonyl (C=O) groups is 1. The van der Waals surface area contributed by atoms with Crippen LogP contribution in [0.5, 0.6) is 0 Å². The minimum atomic E-state index is -3.74. The molecule has 1 heterocycles. The lowest BCUT2D eigenvalue weighted by atomic mass is 9.88. The van der Waals surface area contributed by atoms with Crippen molar-refractivity contribution in [3.8, 4) is 0 Å². The molecule has 0 saturated heterocycles. The first kappa shape index (κ1) is 18.4. The Bertz CT molecular complexity index is 845. The van der Waals surface area contributed by atoms with Gasteiger partial charge in [-0.2, -0.15) is 0 Å². The van der Waals surface area contributed by atoms with E-state index in [0.717, 1.165) is 25.7 Å². The first-order valence-corrected chi connectivity index (χ1v) is 10.2. The van der Waals surface area contributed by atoms with Crippen LogP contribution in [0, 0.1) is 5.92 Å². The molecule has 1 aromatic carbocycles. The molecule has 1 saturated carbocycles. The predicted molar refractivity (Wildman–Crippen MR) is 98.4 cm³/mol. The van der Waals surface area contributed by atoms with Crippen LogP contribution in [-0.4, -0.2) is 24.5 Å². The molecule has 7 heteroatoms. The van der Waals surface area contributed by atoms with Crippen molar-refractivity contribution in [2.45, 2.75) is 42.9 Å². The summed E-state index contributed by atoms with van der Waals surface area (Å²) < 4.78 is 27.3. The molecule has 1 fully saturated rings. The van der Waals surface area contributed by atoms with E-state index < -0.39 is 21.9 Å². The third-order valence-electron chi connectivity index (χ3n) is 4.85. The van der Waals surface area contributed by atoms with Crippen molar-refractivity contribution in [3.63, 3.8) is 0 Å². The van der Waals surface area contributed by atoms with E-state index in [1.807, 2.05) is 0 Å². The standard InChI is InChI=1S/C19H22N2O4S/c22-19(23)18(12-14-4-1-2-5-14)15-7-9-17(10-8-15)26(24,25)21-16-6-3-11-20-13-16/h3,6-11,13-14,18,21H,1-2,4-5,12H2,(H,22,23). The zero-order valence-corrected chi connectivity index (χ0v) is 15.2. The van der Waals surface area contributed by atoms with Crippen molar-refractivity contribution in [3.05, 3.63) is 54.4 Å². The van der Waals surface area contributed by atoms with E-state index in [1.54, 1.807) is 30.5 Å². The molecule has 2 N–H and O–H groups in total. The number of carboxylic acid groups (broad SMARTS) is 1. The number of sulfonamides is 1. The number of aromatic nitrogens is 1. The van der Waals surface area contributed by atoms with Gasteiger partial charge in [-0.3, -0.25) is 14.5 Å². The zero-order chi connectivity index (χ0) is 18.6. The minimum absolute atomic E-state index is 0.0927. The Labute approximate surface area is 153 Å². The maximum atomic E-state index is 12.4. The third kappa shape index (κ3) is 4.40. The largest absolute Gasteiger partial charge is 0.481 e. The maximum absolute atomic E-state index is 12.4. The van der Waals surface area contributed by atoms with Crippen molar-refractivity contribution in [2.75, 3.05) is 4.72 Å². The Morgan fingerprint density at radius 2 is 1.88 bits per heavy atom. The number of rotatable bonds is 7. The number of anilines is 1. The summed E-state index contributed by atoms with van der Waals surface area (Å²) in [5.74, 6) is -1.02. The van der Waals surface area contributed by atoms with Gasteiger partial charge in [-0.25, -0.2) is 8.42 Å². The van der Waals surface area contributed by atoms with E-state index in [-0.39, 0.29) is 4.90 Å². The Kier molecular flexibility index (Phi) is 5.56. The van der Waals surface area contributed by atoms with Crippen LogP contribution in [0.3, 0.4) is 0 Å². The number of aliphatic carboxylic acids is 1. The molecule has 2 aromatic rings. The van der Waals surface area contributed by atoms with Gasteiger partial charge in [0.1, 0.15) is 0 Å². The molecule has 0 amide bonds. The smallest absolute Gasteiger partial charge is 0.310 e. The Morgan fingerprint density at radius 3 is 2.46 bits per heavy atom. The van der Waals surface area contributed by atoms with Crippen LogP contribution in [0.15, 0.2) is 53.7 Å². The summed E-state index contributed by atoms with van der Waals surface area (Å²) in [5.41, 5.74) is 1.02. The van der Waals surface area contributed by atoms with E-state index in [1.165, 1.54) is 18.3 Å². The van der Waals surface area contributed by atoms with E-state index in [0.29, 0.717) is 23.6 Å². The second-order valence-corrected chi connectivity index (χ2v) is 8.38. The van der Waals surface area contributed by atoms with E-state index >= 15 is 0 Å². The fourth-order valence-corrected chi connectivity index (χ4v) is 4.52. The fourth-order valence-electron chi connectivity index (χ4n) is 3.48. The first-order chi connectivity index (χ1) is 12.5. The van der Waals surface area contributed by atoms with Crippen LogP contribution in [-0.2, 0) is 14.8 Å². The van der Waals surface area contributed by atoms with Gasteiger partial charge in [0.2, 0.25) is 0 Å². The van der Waals surface area contributed by atoms with Crippen molar-refractivity contribution in [1.82, 2.24) is 4.98 Å². The topological polar surface area (TPSA) is 96.4 Å². The summed E-state index contributed by atoms with van der Waals surface area (Å²) in [6.45, 7) is 0. The van der Waals surface area contributed by atoms with Gasteiger partial charge in [0.05, 0.1) is 22.7 Å². The van der Waals surface area contributed by atoms with Crippen LogP contribution in [0.1, 0.15) is 43.6 Å². The van der Waals surface area contributed by atoms with Crippen LogP contribution >= 0.6 is 0 Å². The number of hydrogen-bond acceptors (Lipinski definition) is 4. The molecular formula is C19H22N2O4S. The summed E-state index contributed by atoms with van der Waals surface area (Å²) in [7, 11) is -3.74. The van der Waals surface area contributed by atoms with Gasteiger partial charge in [0.15, 0.2) is 0 Å². The molecule has 1 unspecified atom stereocenters. The van der Waals surface area contributed by atoms with Crippen molar-refractivity contribution < 1.29 is 18.3 Å². The lowest BCUT2D eigenvalue weighted by molar-refractivity contribution is -0.139. The molecule has 0 aliphatic heterocycles. The number of carboxylic acids is 1. The van der Waals surface area contributed by atoms with Gasteiger partial charge in [-0.05, 0) is 42.2 Å². The fraction of sp³-hybridized carbons (Fsp3) is 0.368. The Balaban J connectivity index is 1.76. The number of hydrogen-bond donors (Lipinski definition) is 2. The quantitative estimate of drug-likeness (QED) is 0.771. The average molecular weight is 374 g/mol. The van der Waals surface area contributed by atoms with Gasteiger partial charge in [0, 0.05) is 6.20 Å². The van der Waals surface area contributed by atoms with E-state index in [4.69, 9.17) is 0 Å². The second-order valence-electron chi connectivity index (χ2n) is 6.69. The SMILES string of the molecule is O=C(O)C(CC1CCCC1)c1ccc(S(=O)(=O)Nc2cccnc2)cc1. The summed E-state index contributed by atoms with van der Waals surface area (Å²) in [6, 6.07) is 9.37. The summed E-state index contributed by atoms with van der Waals surface area (Å²) in [4.78, 5) is 15.6. The highest BCUT2D eigenvalue weighted by atomic mass is 32.2. The highest BCUT2D eigenvalue weighted by Gasteiger charge is 2.26. The first-order valence-electron chi connectivity index (χ1n) is 8.71. The van der Waals surface area contributed by atoms with Gasteiger partial charge in [-0.15, -0.1) is 0 Å². The molecule has 1 atom stereocenters. The summed E-state index contributed by atoms with van der Waals surface area (Å²) >= 11 is 0. The van der Waals surface area contributed by atoms with Crippen LogP contribution in [0.25, 0.3) is 0 Å². The minimum Gasteiger partial charge on any atom is -0.481 e. The summed E-state index contributed by atoms with van der Waals surface area (Å²) in [5, 5.41) is 9.57. The van der Waals surface area contributed by atoms with Gasteiger partial charge in [-0.1, -0.05) is 37.8 Å². The molecule has 1 aliphatic carbocycles. The molecule has 138 valence electrons. The number of nitrogens with zero attached hydrogens (tertiary/aromatic N) is 1. The second kappa shape index (κ2) is 7.86. The molecule has 1 aliphatic rings. The molecule has 6 nitrogen and oxygen atoms in total. The van der Waals surface area contributed by atoms with Gasteiger partial charge < -0.3 is 5.11 Å². The Morgan fingerprint density at radius 1 is 1.19 bits per heavy atom. The van der Waals surface area contributed by atoms with E-state index in [9.17, 15) is 18.3 Å². The highest BCUT2D eigenvalue weighted by Crippen LogP contribution is 2.34. The maximum Gasteiger partial charge on any atom is 0.310 e. The number of nitrogens with one attached hydrogen (secondary N) is 1. The predicted octanol–water partition coefficient (Wildman–Crippen LogP) is 3.63. The van der Waals surface area contributed by atoms with Crippen molar-refractivity contribution >= 4 is 21.7 Å².